The van der Waals surface area contributed by atoms with E-state index >= 15 is 0 Å². The molecule has 0 fully saturated rings. The van der Waals surface area contributed by atoms with Crippen LogP contribution in [0.1, 0.15) is 0 Å². The Hall–Kier alpha value is -1.83. The summed E-state index contributed by atoms with van der Waals surface area (Å²) in [5.41, 5.74) is -0.221. The monoisotopic (exact) mass is 316 g/mol. The molecule has 2 rings (SSSR count). The van der Waals surface area contributed by atoms with Crippen LogP contribution in [0.2, 0.25) is 0 Å². The molecule has 0 unspecified atom stereocenters. The number of nitrogens with zero attached hydrogens (tertiary/aromatic N) is 3. The molecular weight excluding hydrogens is 310 g/mol. The Morgan fingerprint density at radius 3 is 2.83 bits per heavy atom. The van der Waals surface area contributed by atoms with E-state index in [1.165, 1.54) is 17.1 Å². The molecule has 0 saturated heterocycles. The minimum absolute atomic E-state index is 0.00530. The maximum absolute atomic E-state index is 13.4. The van der Waals surface area contributed by atoms with Crippen molar-refractivity contribution < 1.29 is 13.6 Å². The Kier molecular flexibility index (Phi) is 3.66. The zero-order valence-corrected chi connectivity index (χ0v) is 10.5. The van der Waals surface area contributed by atoms with Crippen molar-refractivity contribution >= 4 is 27.5 Å². The van der Waals surface area contributed by atoms with E-state index in [2.05, 4.69) is 31.6 Å². The summed E-state index contributed by atoms with van der Waals surface area (Å²) in [5.74, 6) is -1.91. The van der Waals surface area contributed by atoms with E-state index in [0.717, 1.165) is 12.1 Å². The first-order valence-corrected chi connectivity index (χ1v) is 5.64. The number of carbonyl (C=O) groups excluding carboxylic acids is 1. The number of carbonyl (C=O) groups is 1. The largest absolute Gasteiger partial charge is 0.322 e. The van der Waals surface area contributed by atoms with E-state index < -0.39 is 17.5 Å². The van der Waals surface area contributed by atoms with Crippen molar-refractivity contribution in [1.29, 1.82) is 0 Å². The fourth-order valence-corrected chi connectivity index (χ4v) is 1.59. The molecule has 1 aromatic carbocycles. The molecule has 0 aliphatic heterocycles. The number of nitrogens with one attached hydrogen (secondary N) is 1. The maximum atomic E-state index is 13.4. The minimum Gasteiger partial charge on any atom is -0.322 e. The molecule has 18 heavy (non-hydrogen) atoms. The molecule has 8 heteroatoms. The summed E-state index contributed by atoms with van der Waals surface area (Å²) in [6.07, 6.45) is 2.89. The first kappa shape index (κ1) is 12.6. The van der Waals surface area contributed by atoms with E-state index in [1.807, 2.05) is 0 Å². The number of hydrogen-bond donors (Lipinski definition) is 1. The Bertz CT molecular complexity index is 574. The summed E-state index contributed by atoms with van der Waals surface area (Å²) in [6.45, 7) is -0.128. The van der Waals surface area contributed by atoms with E-state index in [9.17, 15) is 13.6 Å². The number of rotatable bonds is 3. The topological polar surface area (TPSA) is 59.8 Å². The van der Waals surface area contributed by atoms with Crippen LogP contribution in [0.15, 0.2) is 29.0 Å². The van der Waals surface area contributed by atoms with Gasteiger partial charge in [-0.3, -0.25) is 4.79 Å². The van der Waals surface area contributed by atoms with Gasteiger partial charge in [0.15, 0.2) is 0 Å². The normalized spacial score (nSPS) is 10.4. The molecule has 1 heterocycles. The quantitative estimate of drug-likeness (QED) is 0.881. The lowest BCUT2D eigenvalue weighted by Gasteiger charge is -2.07. The molecule has 0 aliphatic carbocycles. The van der Waals surface area contributed by atoms with Gasteiger partial charge >= 0.3 is 0 Å². The summed E-state index contributed by atoms with van der Waals surface area (Å²) in [5, 5.41) is 9.35. The van der Waals surface area contributed by atoms with Gasteiger partial charge in [-0.15, -0.1) is 5.10 Å². The Labute approximate surface area is 109 Å². The van der Waals surface area contributed by atoms with Crippen molar-refractivity contribution in [2.24, 2.45) is 0 Å². The van der Waals surface area contributed by atoms with Gasteiger partial charge in [-0.1, -0.05) is 5.21 Å². The van der Waals surface area contributed by atoms with E-state index in [0.29, 0.717) is 0 Å². The van der Waals surface area contributed by atoms with Gasteiger partial charge in [0.25, 0.3) is 0 Å². The Morgan fingerprint density at radius 1 is 1.39 bits per heavy atom. The molecule has 1 amide bonds. The molecule has 2 aromatic rings. The molecule has 0 radical (unpaired) electrons. The van der Waals surface area contributed by atoms with Gasteiger partial charge in [0.05, 0.1) is 16.4 Å². The summed E-state index contributed by atoms with van der Waals surface area (Å²) in [7, 11) is 0. The maximum Gasteiger partial charge on any atom is 0.246 e. The van der Waals surface area contributed by atoms with Crippen LogP contribution in [0.25, 0.3) is 0 Å². The number of halogens is 3. The van der Waals surface area contributed by atoms with E-state index in [4.69, 9.17) is 0 Å². The lowest BCUT2D eigenvalue weighted by molar-refractivity contribution is -0.116. The van der Waals surface area contributed by atoms with Crippen molar-refractivity contribution in [2.45, 2.75) is 6.54 Å². The van der Waals surface area contributed by atoms with Gasteiger partial charge in [-0.25, -0.2) is 13.5 Å². The first-order valence-electron chi connectivity index (χ1n) is 4.85. The van der Waals surface area contributed by atoms with Gasteiger partial charge in [-0.2, -0.15) is 0 Å². The molecular formula is C10H7BrF2N4O. The van der Waals surface area contributed by atoms with Crippen LogP contribution >= 0.6 is 15.9 Å². The highest BCUT2D eigenvalue weighted by Gasteiger charge is 2.11. The van der Waals surface area contributed by atoms with Crippen LogP contribution in [-0.4, -0.2) is 20.9 Å². The van der Waals surface area contributed by atoms with Crippen molar-refractivity contribution in [3.8, 4) is 0 Å². The number of amides is 1. The van der Waals surface area contributed by atoms with Crippen LogP contribution in [0.5, 0.6) is 0 Å². The standard InChI is InChI=1S/C10H7BrF2N4O/c11-6-3-8(13)9(4-7(6)12)15-10(18)5-17-2-1-14-16-17/h1-4H,5H2,(H,15,18). The van der Waals surface area contributed by atoms with Gasteiger partial charge in [0.1, 0.15) is 18.2 Å². The fourth-order valence-electron chi connectivity index (χ4n) is 1.27. The second kappa shape index (κ2) is 5.21. The van der Waals surface area contributed by atoms with Crippen molar-refractivity contribution in [2.75, 3.05) is 5.32 Å². The third kappa shape index (κ3) is 2.89. The highest BCUT2D eigenvalue weighted by molar-refractivity contribution is 9.10. The summed E-state index contributed by atoms with van der Waals surface area (Å²) < 4.78 is 27.9. The number of anilines is 1. The van der Waals surface area contributed by atoms with Crippen LogP contribution in [0.4, 0.5) is 14.5 Å². The average Bonchev–Trinajstić information content (AvgIpc) is 2.78. The predicted octanol–water partition coefficient (Wildman–Crippen LogP) is 1.96. The zero-order chi connectivity index (χ0) is 13.1. The lowest BCUT2D eigenvalue weighted by Crippen LogP contribution is -2.20. The third-order valence-electron chi connectivity index (χ3n) is 2.06. The van der Waals surface area contributed by atoms with E-state index in [-0.39, 0.29) is 16.7 Å². The SMILES string of the molecule is O=C(Cn1ccnn1)Nc1cc(F)c(Br)cc1F. The molecule has 0 aliphatic rings. The fraction of sp³-hybridized carbons (Fsp3) is 0.100. The second-order valence-electron chi connectivity index (χ2n) is 3.39. The zero-order valence-electron chi connectivity index (χ0n) is 8.90. The van der Waals surface area contributed by atoms with E-state index in [1.54, 1.807) is 0 Å². The van der Waals surface area contributed by atoms with Gasteiger partial charge < -0.3 is 5.32 Å². The predicted molar refractivity (Wildman–Crippen MR) is 62.7 cm³/mol. The molecule has 5 nitrogen and oxygen atoms in total. The molecule has 1 aromatic heterocycles. The Balaban J connectivity index is 2.09. The average molecular weight is 317 g/mol. The third-order valence-corrected chi connectivity index (χ3v) is 2.67. The summed E-state index contributed by atoms with van der Waals surface area (Å²) >= 11 is 2.84. The second-order valence-corrected chi connectivity index (χ2v) is 4.25. The minimum atomic E-state index is -0.727. The molecule has 1 N–H and O–H groups in total. The molecule has 0 bridgehead atoms. The van der Waals surface area contributed by atoms with Crippen LogP contribution in [0, 0.1) is 11.6 Å². The van der Waals surface area contributed by atoms with Crippen molar-refractivity contribution in [3.63, 3.8) is 0 Å². The molecule has 94 valence electrons. The van der Waals surface area contributed by atoms with Crippen molar-refractivity contribution in [1.82, 2.24) is 15.0 Å². The number of aromatic nitrogens is 3. The number of benzene rings is 1. The smallest absolute Gasteiger partial charge is 0.246 e. The van der Waals surface area contributed by atoms with Crippen LogP contribution in [-0.2, 0) is 11.3 Å². The molecule has 0 spiro atoms. The van der Waals surface area contributed by atoms with Crippen LogP contribution in [0.3, 0.4) is 0 Å². The lowest BCUT2D eigenvalue weighted by atomic mass is 10.3. The number of hydrogen-bond acceptors (Lipinski definition) is 3. The van der Waals surface area contributed by atoms with Gasteiger partial charge in [-0.05, 0) is 22.0 Å². The van der Waals surface area contributed by atoms with Gasteiger partial charge in [0, 0.05) is 12.3 Å². The highest BCUT2D eigenvalue weighted by atomic mass is 79.9. The highest BCUT2D eigenvalue weighted by Crippen LogP contribution is 2.23. The first-order chi connectivity index (χ1) is 8.56. The molecule has 0 atom stereocenters. The molecule has 0 saturated carbocycles. The van der Waals surface area contributed by atoms with Crippen molar-refractivity contribution in [3.05, 3.63) is 40.6 Å². The summed E-state index contributed by atoms with van der Waals surface area (Å²) in [4.78, 5) is 11.5. The van der Waals surface area contributed by atoms with Crippen LogP contribution < -0.4 is 5.32 Å². The Morgan fingerprint density at radius 2 is 2.17 bits per heavy atom. The summed E-state index contributed by atoms with van der Waals surface area (Å²) in [6, 6.07) is 1.85. The van der Waals surface area contributed by atoms with Gasteiger partial charge in [0.2, 0.25) is 5.91 Å².